The van der Waals surface area contributed by atoms with E-state index in [1.165, 1.54) is 6.42 Å². The van der Waals surface area contributed by atoms with E-state index in [1.54, 1.807) is 6.92 Å². The van der Waals surface area contributed by atoms with Gasteiger partial charge < -0.3 is 20.4 Å². The van der Waals surface area contributed by atoms with E-state index in [0.29, 0.717) is 6.04 Å². The Morgan fingerprint density at radius 3 is 2.38 bits per heavy atom. The number of nitrogens with zero attached hydrogens (tertiary/aromatic N) is 4. The molecule has 152 valence electrons. The topological polar surface area (TPSA) is 63.2 Å². The van der Waals surface area contributed by atoms with Crippen molar-refractivity contribution in [1.82, 2.24) is 25.3 Å². The molecule has 0 spiro atoms. The van der Waals surface area contributed by atoms with Crippen molar-refractivity contribution < 1.29 is 4.79 Å². The number of carbonyl (C=O) groups excluding carboxylic acids is 1. The molecule has 1 aliphatic rings. The van der Waals surface area contributed by atoms with Gasteiger partial charge in [-0.1, -0.05) is 13.8 Å². The average molecular weight is 369 g/mol. The maximum absolute atomic E-state index is 11.4. The molecule has 0 aromatic carbocycles. The van der Waals surface area contributed by atoms with Gasteiger partial charge in [0, 0.05) is 59.3 Å². The smallest absolute Gasteiger partial charge is 0.219 e. The average Bonchev–Trinajstić information content (AvgIpc) is 2.64. The van der Waals surface area contributed by atoms with Gasteiger partial charge in [-0.3, -0.25) is 14.7 Å². The molecule has 1 amide bonds. The summed E-state index contributed by atoms with van der Waals surface area (Å²) in [6, 6.07) is 0.413. The van der Waals surface area contributed by atoms with Crippen LogP contribution in [0.5, 0.6) is 0 Å². The van der Waals surface area contributed by atoms with E-state index in [0.717, 1.165) is 71.3 Å². The van der Waals surface area contributed by atoms with Gasteiger partial charge in [0.15, 0.2) is 5.96 Å². The van der Waals surface area contributed by atoms with E-state index in [9.17, 15) is 4.79 Å². The largest absolute Gasteiger partial charge is 0.355 e. The van der Waals surface area contributed by atoms with Crippen LogP contribution >= 0.6 is 0 Å². The number of nitrogens with one attached hydrogen (secondary N) is 2. The second-order valence-corrected chi connectivity index (χ2v) is 7.06. The van der Waals surface area contributed by atoms with Crippen LogP contribution in [0.3, 0.4) is 0 Å². The van der Waals surface area contributed by atoms with Gasteiger partial charge in [-0.25, -0.2) is 0 Å². The molecular formula is C19H40N6O. The van der Waals surface area contributed by atoms with Gasteiger partial charge in [-0.15, -0.1) is 0 Å². The molecule has 1 saturated heterocycles. The van der Waals surface area contributed by atoms with Crippen LogP contribution in [0.25, 0.3) is 0 Å². The predicted molar refractivity (Wildman–Crippen MR) is 110 cm³/mol. The number of carbonyl (C=O) groups is 1. The van der Waals surface area contributed by atoms with E-state index < -0.39 is 0 Å². The quantitative estimate of drug-likeness (QED) is 0.442. The molecule has 0 radical (unpaired) electrons. The summed E-state index contributed by atoms with van der Waals surface area (Å²) in [4.78, 5) is 22.5. The lowest BCUT2D eigenvalue weighted by molar-refractivity contribution is -0.130. The van der Waals surface area contributed by atoms with Crippen LogP contribution in [0.15, 0.2) is 4.99 Å². The van der Waals surface area contributed by atoms with Crippen LogP contribution < -0.4 is 10.6 Å². The Bertz CT molecular complexity index is 416. The zero-order valence-electron chi connectivity index (χ0n) is 17.6. The van der Waals surface area contributed by atoms with Crippen molar-refractivity contribution in [2.45, 2.75) is 46.6 Å². The molecule has 1 fully saturated rings. The Morgan fingerprint density at radius 2 is 1.85 bits per heavy atom. The highest BCUT2D eigenvalue weighted by Gasteiger charge is 2.18. The second-order valence-electron chi connectivity index (χ2n) is 7.06. The van der Waals surface area contributed by atoms with Crippen molar-refractivity contribution in [2.24, 2.45) is 4.99 Å². The number of rotatable bonds is 10. The van der Waals surface area contributed by atoms with Crippen LogP contribution in [0.2, 0.25) is 0 Å². The molecule has 7 heteroatoms. The SMILES string of the molecule is CCN(CC)CCCC(C)NC(=NC)NCCN1CCN(C(C)=O)CC1. The first-order valence-corrected chi connectivity index (χ1v) is 10.2. The molecule has 26 heavy (non-hydrogen) atoms. The minimum absolute atomic E-state index is 0.183. The Balaban J connectivity index is 2.17. The summed E-state index contributed by atoms with van der Waals surface area (Å²) in [7, 11) is 1.82. The van der Waals surface area contributed by atoms with Crippen molar-refractivity contribution >= 4 is 11.9 Å². The van der Waals surface area contributed by atoms with Crippen LogP contribution in [-0.4, -0.2) is 98.6 Å². The maximum Gasteiger partial charge on any atom is 0.219 e. The monoisotopic (exact) mass is 368 g/mol. The van der Waals surface area contributed by atoms with Crippen LogP contribution in [0.4, 0.5) is 0 Å². The summed E-state index contributed by atoms with van der Waals surface area (Å²) in [6.45, 7) is 17.2. The molecule has 0 saturated carbocycles. The first kappa shape index (κ1) is 22.7. The zero-order chi connectivity index (χ0) is 19.4. The highest BCUT2D eigenvalue weighted by atomic mass is 16.2. The molecule has 7 nitrogen and oxygen atoms in total. The van der Waals surface area contributed by atoms with Crippen molar-refractivity contribution in [2.75, 3.05) is 66.0 Å². The summed E-state index contributed by atoms with van der Waals surface area (Å²) in [5, 5.41) is 6.89. The van der Waals surface area contributed by atoms with Crippen molar-refractivity contribution in [1.29, 1.82) is 0 Å². The third kappa shape index (κ3) is 8.85. The molecule has 1 aliphatic heterocycles. The lowest BCUT2D eigenvalue weighted by Crippen LogP contribution is -2.50. The molecule has 2 N–H and O–H groups in total. The van der Waals surface area contributed by atoms with Crippen molar-refractivity contribution in [3.63, 3.8) is 0 Å². The Morgan fingerprint density at radius 1 is 1.19 bits per heavy atom. The van der Waals surface area contributed by atoms with E-state index in [-0.39, 0.29) is 5.91 Å². The predicted octanol–water partition coefficient (Wildman–Crippen LogP) is 0.826. The summed E-state index contributed by atoms with van der Waals surface area (Å²) >= 11 is 0. The number of hydrogen-bond donors (Lipinski definition) is 2. The summed E-state index contributed by atoms with van der Waals surface area (Å²) in [5.74, 6) is 1.06. The van der Waals surface area contributed by atoms with Gasteiger partial charge in [0.2, 0.25) is 5.91 Å². The second kappa shape index (κ2) is 12.9. The standard InChI is InChI=1S/C19H40N6O/c1-6-23(7-2)11-8-9-17(3)22-19(20-5)21-10-12-24-13-15-25(16-14-24)18(4)26/h17H,6-16H2,1-5H3,(H2,20,21,22). The molecule has 0 aliphatic carbocycles. The van der Waals surface area contributed by atoms with Gasteiger partial charge >= 0.3 is 0 Å². The lowest BCUT2D eigenvalue weighted by atomic mass is 10.2. The van der Waals surface area contributed by atoms with Gasteiger partial charge in [-0.05, 0) is 39.4 Å². The summed E-state index contributed by atoms with van der Waals surface area (Å²) < 4.78 is 0. The van der Waals surface area contributed by atoms with Crippen LogP contribution in [0.1, 0.15) is 40.5 Å². The Kier molecular flexibility index (Phi) is 11.3. The fourth-order valence-electron chi connectivity index (χ4n) is 3.28. The van der Waals surface area contributed by atoms with Gasteiger partial charge in [0.1, 0.15) is 0 Å². The normalized spacial score (nSPS) is 17.5. The van der Waals surface area contributed by atoms with E-state index in [1.807, 2.05) is 11.9 Å². The maximum atomic E-state index is 11.4. The number of piperazine rings is 1. The Hall–Kier alpha value is -1.34. The minimum atomic E-state index is 0.183. The molecule has 1 unspecified atom stereocenters. The third-order valence-electron chi connectivity index (χ3n) is 5.15. The van der Waals surface area contributed by atoms with E-state index in [4.69, 9.17) is 0 Å². The molecule has 1 heterocycles. The fourth-order valence-corrected chi connectivity index (χ4v) is 3.28. The van der Waals surface area contributed by atoms with Gasteiger partial charge in [0.25, 0.3) is 0 Å². The zero-order valence-corrected chi connectivity index (χ0v) is 17.6. The molecule has 0 aromatic rings. The first-order chi connectivity index (χ1) is 12.5. The summed E-state index contributed by atoms with van der Waals surface area (Å²) in [6.07, 6.45) is 2.34. The van der Waals surface area contributed by atoms with Crippen LogP contribution in [0, 0.1) is 0 Å². The number of amides is 1. The highest BCUT2D eigenvalue weighted by molar-refractivity contribution is 5.79. The molecule has 1 atom stereocenters. The van der Waals surface area contributed by atoms with Gasteiger partial charge in [-0.2, -0.15) is 0 Å². The number of hydrogen-bond acceptors (Lipinski definition) is 4. The van der Waals surface area contributed by atoms with E-state index >= 15 is 0 Å². The molecular weight excluding hydrogens is 328 g/mol. The third-order valence-corrected chi connectivity index (χ3v) is 5.15. The minimum Gasteiger partial charge on any atom is -0.355 e. The molecule has 1 rings (SSSR count). The van der Waals surface area contributed by atoms with Crippen molar-refractivity contribution in [3.8, 4) is 0 Å². The van der Waals surface area contributed by atoms with Crippen molar-refractivity contribution in [3.05, 3.63) is 0 Å². The first-order valence-electron chi connectivity index (χ1n) is 10.2. The molecule has 0 aromatic heterocycles. The Labute approximate surface area is 160 Å². The fraction of sp³-hybridized carbons (Fsp3) is 0.895. The number of aliphatic imine (C=N–C) groups is 1. The summed E-state index contributed by atoms with van der Waals surface area (Å²) in [5.41, 5.74) is 0. The highest BCUT2D eigenvalue weighted by Crippen LogP contribution is 2.01. The van der Waals surface area contributed by atoms with Crippen LogP contribution in [-0.2, 0) is 4.79 Å². The lowest BCUT2D eigenvalue weighted by Gasteiger charge is -2.34. The van der Waals surface area contributed by atoms with E-state index in [2.05, 4.69) is 46.2 Å². The van der Waals surface area contributed by atoms with Gasteiger partial charge in [0.05, 0.1) is 0 Å². The number of guanidine groups is 1. The molecule has 0 bridgehead atoms.